The van der Waals surface area contributed by atoms with Crippen molar-refractivity contribution in [3.8, 4) is 22.9 Å². The number of amides is 1. The fourth-order valence-electron chi connectivity index (χ4n) is 5.24. The van der Waals surface area contributed by atoms with Crippen molar-refractivity contribution in [2.75, 3.05) is 57.3 Å². The van der Waals surface area contributed by atoms with Gasteiger partial charge in [-0.3, -0.25) is 4.79 Å². The van der Waals surface area contributed by atoms with Gasteiger partial charge in [-0.25, -0.2) is 9.50 Å². The second-order valence-corrected chi connectivity index (χ2v) is 10.0. The summed E-state index contributed by atoms with van der Waals surface area (Å²) >= 11 is 0. The smallest absolute Gasteiger partial charge is 0.229 e. The van der Waals surface area contributed by atoms with Crippen molar-refractivity contribution in [1.29, 1.82) is 5.26 Å². The van der Waals surface area contributed by atoms with Crippen molar-refractivity contribution in [1.82, 2.24) is 24.4 Å². The van der Waals surface area contributed by atoms with Crippen molar-refractivity contribution in [3.63, 3.8) is 0 Å². The Hall–Kier alpha value is -3.90. The van der Waals surface area contributed by atoms with Crippen LogP contribution in [-0.2, 0) is 4.79 Å². The summed E-state index contributed by atoms with van der Waals surface area (Å²) in [5, 5.41) is 14.1. The first kappa shape index (κ1) is 25.7. The zero-order chi connectivity index (χ0) is 26.5. The van der Waals surface area contributed by atoms with E-state index < -0.39 is 0 Å². The first-order valence-electron chi connectivity index (χ1n) is 13.5. The minimum Gasteiger partial charge on any atom is -0.492 e. The van der Waals surface area contributed by atoms with Crippen LogP contribution in [0.5, 0.6) is 5.75 Å². The lowest BCUT2D eigenvalue weighted by atomic mass is 10.1. The molecule has 5 rings (SSSR count). The number of fused-ring (bicyclic) bond motifs is 1. The Morgan fingerprint density at radius 2 is 1.97 bits per heavy atom. The minimum atomic E-state index is -0.164. The van der Waals surface area contributed by atoms with Crippen LogP contribution in [0, 0.1) is 17.2 Å². The molecular formula is C29H35N7O2. The van der Waals surface area contributed by atoms with Crippen LogP contribution in [0.2, 0.25) is 0 Å². The molecule has 2 saturated heterocycles. The van der Waals surface area contributed by atoms with Gasteiger partial charge in [-0.1, -0.05) is 13.0 Å². The number of nitriles is 1. The van der Waals surface area contributed by atoms with Gasteiger partial charge in [0.05, 0.1) is 36.0 Å². The number of carbonyl (C=O) groups is 1. The van der Waals surface area contributed by atoms with Gasteiger partial charge in [-0.15, -0.1) is 6.58 Å². The molecular weight excluding hydrogens is 478 g/mol. The highest BCUT2D eigenvalue weighted by atomic mass is 16.5. The molecule has 2 aliphatic heterocycles. The van der Waals surface area contributed by atoms with Crippen LogP contribution in [0.4, 0.5) is 5.82 Å². The van der Waals surface area contributed by atoms with Crippen LogP contribution in [0.3, 0.4) is 0 Å². The Kier molecular flexibility index (Phi) is 7.89. The summed E-state index contributed by atoms with van der Waals surface area (Å²) < 4.78 is 7.84. The van der Waals surface area contributed by atoms with E-state index in [9.17, 15) is 10.1 Å². The lowest BCUT2D eigenvalue weighted by molar-refractivity contribution is -0.133. The van der Waals surface area contributed by atoms with Crippen LogP contribution in [0.15, 0.2) is 49.4 Å². The second kappa shape index (κ2) is 11.7. The summed E-state index contributed by atoms with van der Waals surface area (Å²) in [6.07, 6.45) is 10.5. The number of hydrogen-bond acceptors (Lipinski definition) is 7. The lowest BCUT2D eigenvalue weighted by Crippen LogP contribution is -2.50. The fraction of sp³-hybridized carbons (Fsp3) is 0.448. The third-order valence-electron chi connectivity index (χ3n) is 7.51. The number of anilines is 1. The van der Waals surface area contributed by atoms with E-state index >= 15 is 0 Å². The van der Waals surface area contributed by atoms with E-state index in [0.29, 0.717) is 25.3 Å². The fourth-order valence-corrected chi connectivity index (χ4v) is 5.24. The molecule has 1 atom stereocenters. The molecule has 0 bridgehead atoms. The number of nitrogens with zero attached hydrogens (tertiary/aromatic N) is 7. The maximum atomic E-state index is 12.5. The number of carbonyl (C=O) groups excluding carboxylic acids is 1. The van der Waals surface area contributed by atoms with E-state index in [1.807, 2.05) is 42.4 Å². The topological polar surface area (TPSA) is 90.0 Å². The largest absolute Gasteiger partial charge is 0.492 e. The molecule has 5 heterocycles. The van der Waals surface area contributed by atoms with Crippen molar-refractivity contribution >= 4 is 17.2 Å². The number of piperazine rings is 1. The Labute approximate surface area is 223 Å². The molecule has 0 aliphatic carbocycles. The molecule has 3 aromatic rings. The quantitative estimate of drug-likeness (QED) is 0.319. The van der Waals surface area contributed by atoms with E-state index in [1.165, 1.54) is 25.9 Å². The van der Waals surface area contributed by atoms with Crippen LogP contribution >= 0.6 is 0 Å². The molecule has 0 aromatic carbocycles. The van der Waals surface area contributed by atoms with E-state index in [4.69, 9.17) is 9.72 Å². The Morgan fingerprint density at radius 3 is 2.66 bits per heavy atom. The molecule has 198 valence electrons. The molecule has 0 spiro atoms. The third-order valence-corrected chi connectivity index (χ3v) is 7.51. The SMILES string of the molecule is C=CC(C)C(=O)N1CCN(c2ccc(-c3cc(OCCCN4CCCC4)cn4ncc(C#N)c34)cn2)CC1. The molecule has 0 N–H and O–H groups in total. The average molecular weight is 514 g/mol. The van der Waals surface area contributed by atoms with Crippen LogP contribution < -0.4 is 9.64 Å². The number of ether oxygens (including phenoxy) is 1. The Balaban J connectivity index is 1.30. The molecule has 0 radical (unpaired) electrons. The van der Waals surface area contributed by atoms with Gasteiger partial charge in [0.2, 0.25) is 5.91 Å². The van der Waals surface area contributed by atoms with Gasteiger partial charge in [-0.05, 0) is 50.6 Å². The predicted molar refractivity (Wildman–Crippen MR) is 147 cm³/mol. The van der Waals surface area contributed by atoms with E-state index in [2.05, 4.69) is 27.5 Å². The lowest BCUT2D eigenvalue weighted by Gasteiger charge is -2.36. The molecule has 3 aromatic heterocycles. The first-order chi connectivity index (χ1) is 18.6. The van der Waals surface area contributed by atoms with Crippen molar-refractivity contribution in [2.24, 2.45) is 5.92 Å². The van der Waals surface area contributed by atoms with Crippen LogP contribution in [-0.4, -0.2) is 82.7 Å². The summed E-state index contributed by atoms with van der Waals surface area (Å²) in [6, 6.07) is 8.27. The molecule has 2 aliphatic rings. The highest BCUT2D eigenvalue weighted by molar-refractivity contribution is 5.85. The van der Waals surface area contributed by atoms with Gasteiger partial charge in [0.1, 0.15) is 17.6 Å². The molecule has 2 fully saturated rings. The molecule has 1 unspecified atom stereocenters. The van der Waals surface area contributed by atoms with Crippen molar-refractivity contribution in [3.05, 3.63) is 55.0 Å². The Bertz CT molecular complexity index is 1310. The van der Waals surface area contributed by atoms with Gasteiger partial charge in [0.25, 0.3) is 0 Å². The molecule has 38 heavy (non-hydrogen) atoms. The van der Waals surface area contributed by atoms with E-state index in [-0.39, 0.29) is 11.8 Å². The van der Waals surface area contributed by atoms with E-state index in [0.717, 1.165) is 54.3 Å². The first-order valence-corrected chi connectivity index (χ1v) is 13.5. The highest BCUT2D eigenvalue weighted by Crippen LogP contribution is 2.31. The molecule has 1 amide bonds. The highest BCUT2D eigenvalue weighted by Gasteiger charge is 2.24. The Morgan fingerprint density at radius 1 is 1.18 bits per heavy atom. The number of rotatable bonds is 9. The maximum Gasteiger partial charge on any atom is 0.229 e. The van der Waals surface area contributed by atoms with Crippen molar-refractivity contribution in [2.45, 2.75) is 26.2 Å². The van der Waals surface area contributed by atoms with Crippen molar-refractivity contribution < 1.29 is 9.53 Å². The summed E-state index contributed by atoms with van der Waals surface area (Å²) in [6.45, 7) is 12.5. The van der Waals surface area contributed by atoms with E-state index in [1.54, 1.807) is 16.8 Å². The zero-order valence-corrected chi connectivity index (χ0v) is 22.1. The number of likely N-dealkylation sites (tertiary alicyclic amines) is 1. The van der Waals surface area contributed by atoms with Gasteiger partial charge in [-0.2, -0.15) is 10.4 Å². The summed E-state index contributed by atoms with van der Waals surface area (Å²) in [5.41, 5.74) is 3.02. The van der Waals surface area contributed by atoms with Gasteiger partial charge in [0, 0.05) is 50.0 Å². The minimum absolute atomic E-state index is 0.124. The van der Waals surface area contributed by atoms with Gasteiger partial charge < -0.3 is 19.4 Å². The summed E-state index contributed by atoms with van der Waals surface area (Å²) in [4.78, 5) is 23.8. The average Bonchev–Trinajstić information content (AvgIpc) is 3.64. The zero-order valence-electron chi connectivity index (χ0n) is 22.1. The number of pyridine rings is 2. The van der Waals surface area contributed by atoms with Crippen LogP contribution in [0.1, 0.15) is 31.7 Å². The summed E-state index contributed by atoms with van der Waals surface area (Å²) in [5.74, 6) is 1.55. The molecule has 9 nitrogen and oxygen atoms in total. The molecule has 0 saturated carbocycles. The standard InChI is InChI=1S/C29H35N7O2/c1-3-22(2)29(37)35-14-12-34(13-15-35)27-8-7-23(19-31-27)26-17-25(21-36-28(26)24(18-30)20-32-36)38-16-6-11-33-9-4-5-10-33/h3,7-8,17,19-22H,1,4-6,9-16H2,2H3. The summed E-state index contributed by atoms with van der Waals surface area (Å²) in [7, 11) is 0. The van der Waals surface area contributed by atoms with Crippen LogP contribution in [0.25, 0.3) is 16.6 Å². The molecule has 9 heteroatoms. The number of hydrogen-bond donors (Lipinski definition) is 0. The van der Waals surface area contributed by atoms with Gasteiger partial charge in [0.15, 0.2) is 0 Å². The predicted octanol–water partition coefficient (Wildman–Crippen LogP) is 3.60. The normalized spacial score (nSPS) is 16.9. The third kappa shape index (κ3) is 5.50. The monoisotopic (exact) mass is 513 g/mol. The second-order valence-electron chi connectivity index (χ2n) is 10.0. The maximum absolute atomic E-state index is 12.5. The van der Waals surface area contributed by atoms with Gasteiger partial charge >= 0.3 is 0 Å². The number of aromatic nitrogens is 3.